The van der Waals surface area contributed by atoms with E-state index in [4.69, 9.17) is 5.11 Å². The second-order valence-electron chi connectivity index (χ2n) is 5.13. The minimum atomic E-state index is -0.887. The minimum absolute atomic E-state index is 0.397. The Morgan fingerprint density at radius 1 is 1.41 bits per heavy atom. The summed E-state index contributed by atoms with van der Waals surface area (Å²) >= 11 is 0. The maximum atomic E-state index is 11.0. The van der Waals surface area contributed by atoms with Gasteiger partial charge in [0.25, 0.3) is 0 Å². The summed E-state index contributed by atoms with van der Waals surface area (Å²) in [6.45, 7) is 1.62. The molecular formula is C11H16N4O2. The van der Waals surface area contributed by atoms with Gasteiger partial charge in [-0.05, 0) is 42.0 Å². The number of tetrazole rings is 1. The predicted octanol–water partition coefficient (Wildman–Crippen LogP) is 1.22. The van der Waals surface area contributed by atoms with Crippen LogP contribution in [0.5, 0.6) is 0 Å². The summed E-state index contributed by atoms with van der Waals surface area (Å²) in [5.41, 5.74) is 0. The molecule has 3 unspecified atom stereocenters. The van der Waals surface area contributed by atoms with Crippen LogP contribution in [0.15, 0.2) is 0 Å². The average Bonchev–Trinajstić information content (AvgIpc) is 2.85. The number of carbonyl (C=O) groups is 1. The van der Waals surface area contributed by atoms with Crippen LogP contribution in [-0.2, 0) is 4.79 Å². The first-order valence-electron chi connectivity index (χ1n) is 6.20. The molecule has 0 spiro atoms. The zero-order valence-electron chi connectivity index (χ0n) is 9.78. The van der Waals surface area contributed by atoms with Crippen LogP contribution in [0.4, 0.5) is 0 Å². The highest BCUT2D eigenvalue weighted by atomic mass is 16.4. The third-order valence-corrected chi connectivity index (χ3v) is 4.20. The van der Waals surface area contributed by atoms with Crippen LogP contribution in [0.25, 0.3) is 0 Å². The second-order valence-corrected chi connectivity index (χ2v) is 5.13. The van der Waals surface area contributed by atoms with E-state index in [2.05, 4.69) is 15.5 Å². The lowest BCUT2D eigenvalue weighted by molar-refractivity contribution is -0.140. The van der Waals surface area contributed by atoms with Gasteiger partial charge in [0.1, 0.15) is 6.04 Å². The fourth-order valence-electron chi connectivity index (χ4n) is 3.18. The van der Waals surface area contributed by atoms with E-state index >= 15 is 0 Å². The molecule has 17 heavy (non-hydrogen) atoms. The molecule has 0 radical (unpaired) electrons. The summed E-state index contributed by atoms with van der Waals surface area (Å²) in [5.74, 6) is 1.66. The largest absolute Gasteiger partial charge is 0.480 e. The molecule has 1 aromatic heterocycles. The Bertz CT molecular complexity index is 432. The quantitative estimate of drug-likeness (QED) is 0.853. The number of rotatable bonds is 3. The maximum absolute atomic E-state index is 11.0. The number of nitrogens with zero attached hydrogens (tertiary/aromatic N) is 4. The molecule has 2 aliphatic carbocycles. The van der Waals surface area contributed by atoms with Crippen molar-refractivity contribution in [3.05, 3.63) is 5.82 Å². The van der Waals surface area contributed by atoms with Crippen molar-refractivity contribution < 1.29 is 9.90 Å². The van der Waals surface area contributed by atoms with Gasteiger partial charge >= 0.3 is 5.97 Å². The Balaban J connectivity index is 1.85. The van der Waals surface area contributed by atoms with E-state index in [0.717, 1.165) is 5.82 Å². The summed E-state index contributed by atoms with van der Waals surface area (Å²) in [4.78, 5) is 11.0. The van der Waals surface area contributed by atoms with Crippen LogP contribution in [-0.4, -0.2) is 31.3 Å². The van der Waals surface area contributed by atoms with Crippen molar-refractivity contribution >= 4 is 5.97 Å². The van der Waals surface area contributed by atoms with Gasteiger partial charge in [-0.25, -0.2) is 9.48 Å². The molecule has 2 aliphatic rings. The van der Waals surface area contributed by atoms with E-state index in [9.17, 15) is 4.79 Å². The van der Waals surface area contributed by atoms with Crippen LogP contribution in [0.2, 0.25) is 0 Å². The van der Waals surface area contributed by atoms with Gasteiger partial charge in [0.15, 0.2) is 5.82 Å². The van der Waals surface area contributed by atoms with Gasteiger partial charge in [-0.2, -0.15) is 0 Å². The fraction of sp³-hybridized carbons (Fsp3) is 0.818. The van der Waals surface area contributed by atoms with Gasteiger partial charge in [0.05, 0.1) is 0 Å². The van der Waals surface area contributed by atoms with Crippen LogP contribution in [0, 0.1) is 11.8 Å². The van der Waals surface area contributed by atoms with Crippen molar-refractivity contribution in [2.45, 2.75) is 44.6 Å². The summed E-state index contributed by atoms with van der Waals surface area (Å²) in [6, 6.07) is -0.678. The molecule has 92 valence electrons. The zero-order chi connectivity index (χ0) is 12.0. The molecule has 1 heterocycles. The van der Waals surface area contributed by atoms with Crippen molar-refractivity contribution in [2.24, 2.45) is 11.8 Å². The number of aromatic nitrogens is 4. The minimum Gasteiger partial charge on any atom is -0.480 e. The number of fused-ring (bicyclic) bond motifs is 1. The Kier molecular flexibility index (Phi) is 2.38. The molecule has 0 aliphatic heterocycles. The fourth-order valence-corrected chi connectivity index (χ4v) is 3.18. The molecule has 0 amide bonds. The molecule has 1 N–H and O–H groups in total. The molecule has 1 aromatic rings. The molecule has 6 heteroatoms. The summed E-state index contributed by atoms with van der Waals surface area (Å²) < 4.78 is 1.48. The number of aliphatic carboxylic acids is 1. The smallest absolute Gasteiger partial charge is 0.328 e. The third-order valence-electron chi connectivity index (χ3n) is 4.20. The molecule has 3 rings (SSSR count). The van der Waals surface area contributed by atoms with Gasteiger partial charge in [-0.1, -0.05) is 12.8 Å². The molecule has 0 bridgehead atoms. The summed E-state index contributed by atoms with van der Waals surface area (Å²) in [5, 5.41) is 20.5. The zero-order valence-corrected chi connectivity index (χ0v) is 9.78. The van der Waals surface area contributed by atoms with E-state index in [-0.39, 0.29) is 0 Å². The lowest BCUT2D eigenvalue weighted by Gasteiger charge is -2.08. The first-order valence-corrected chi connectivity index (χ1v) is 6.20. The number of carboxylic acid groups (broad SMARTS) is 1. The highest BCUT2D eigenvalue weighted by molar-refractivity contribution is 5.71. The highest BCUT2D eigenvalue weighted by Gasteiger charge is 2.54. The normalized spacial score (nSPS) is 32.9. The van der Waals surface area contributed by atoms with Gasteiger partial charge in [0, 0.05) is 5.92 Å². The van der Waals surface area contributed by atoms with Crippen LogP contribution >= 0.6 is 0 Å². The lowest BCUT2D eigenvalue weighted by atomic mass is 10.0. The van der Waals surface area contributed by atoms with Gasteiger partial charge in [-0.15, -0.1) is 5.10 Å². The Morgan fingerprint density at radius 2 is 2.06 bits per heavy atom. The van der Waals surface area contributed by atoms with Crippen molar-refractivity contribution in [1.29, 1.82) is 0 Å². The number of carboxylic acids is 1. The lowest BCUT2D eigenvalue weighted by Crippen LogP contribution is -2.19. The van der Waals surface area contributed by atoms with Crippen molar-refractivity contribution in [3.8, 4) is 0 Å². The molecule has 2 saturated carbocycles. The topological polar surface area (TPSA) is 80.9 Å². The van der Waals surface area contributed by atoms with Gasteiger partial charge in [-0.3, -0.25) is 0 Å². The highest BCUT2D eigenvalue weighted by Crippen LogP contribution is 2.60. The van der Waals surface area contributed by atoms with E-state index in [1.807, 2.05) is 0 Å². The van der Waals surface area contributed by atoms with Crippen LogP contribution in [0.3, 0.4) is 0 Å². The first kappa shape index (κ1) is 10.7. The monoisotopic (exact) mass is 236 g/mol. The molecule has 2 fully saturated rings. The summed E-state index contributed by atoms with van der Waals surface area (Å²) in [6.07, 6.45) is 5.05. The van der Waals surface area contributed by atoms with Crippen molar-refractivity contribution in [3.63, 3.8) is 0 Å². The van der Waals surface area contributed by atoms with Gasteiger partial charge in [0.2, 0.25) is 0 Å². The van der Waals surface area contributed by atoms with Crippen LogP contribution in [0.1, 0.15) is 50.4 Å². The van der Waals surface area contributed by atoms with Crippen molar-refractivity contribution in [1.82, 2.24) is 20.2 Å². The van der Waals surface area contributed by atoms with Crippen LogP contribution < -0.4 is 0 Å². The number of hydrogen-bond acceptors (Lipinski definition) is 4. The maximum Gasteiger partial charge on any atom is 0.328 e. The Hall–Kier alpha value is -1.46. The summed E-state index contributed by atoms with van der Waals surface area (Å²) in [7, 11) is 0. The SMILES string of the molecule is CC(C(=O)O)n1nnnc1C1C2CCCCC21. The molecule has 0 aromatic carbocycles. The Labute approximate surface area is 99.0 Å². The number of hydrogen-bond donors (Lipinski definition) is 1. The first-order chi connectivity index (χ1) is 8.20. The third kappa shape index (κ3) is 1.62. The van der Waals surface area contributed by atoms with Crippen molar-refractivity contribution in [2.75, 3.05) is 0 Å². The average molecular weight is 236 g/mol. The van der Waals surface area contributed by atoms with E-state index < -0.39 is 12.0 Å². The molecular weight excluding hydrogens is 220 g/mol. The molecule has 3 atom stereocenters. The molecule has 6 nitrogen and oxygen atoms in total. The van der Waals surface area contributed by atoms with E-state index in [0.29, 0.717) is 17.8 Å². The molecule has 0 saturated heterocycles. The second kappa shape index (κ2) is 3.78. The standard InChI is InChI=1S/C11H16N4O2/c1-6(11(16)17)15-10(12-13-14-15)9-7-4-2-3-5-8(7)9/h6-9H,2-5H2,1H3,(H,16,17). The predicted molar refractivity (Wildman–Crippen MR) is 58.4 cm³/mol. The van der Waals surface area contributed by atoms with E-state index in [1.54, 1.807) is 6.92 Å². The Morgan fingerprint density at radius 3 is 2.65 bits per heavy atom. The van der Waals surface area contributed by atoms with Gasteiger partial charge < -0.3 is 5.11 Å². The van der Waals surface area contributed by atoms with E-state index in [1.165, 1.54) is 30.4 Å².